The highest BCUT2D eigenvalue weighted by Crippen LogP contribution is 2.47. The van der Waals surface area contributed by atoms with Gasteiger partial charge in [-0.05, 0) is 13.8 Å². The van der Waals surface area contributed by atoms with Crippen molar-refractivity contribution >= 4 is 11.9 Å². The molecule has 0 spiro atoms. The number of benzene rings is 2. The predicted octanol–water partition coefficient (Wildman–Crippen LogP) is 2.44. The Labute approximate surface area is 135 Å². The molecule has 1 aliphatic rings. The van der Waals surface area contributed by atoms with Gasteiger partial charge in [-0.1, -0.05) is 0 Å². The van der Waals surface area contributed by atoms with Gasteiger partial charge >= 0.3 is 11.9 Å². The minimum atomic E-state index is -1.38. The molecule has 0 saturated heterocycles. The van der Waals surface area contributed by atoms with Crippen LogP contribution in [0, 0.1) is 13.8 Å². The zero-order valence-electron chi connectivity index (χ0n) is 12.6. The van der Waals surface area contributed by atoms with Crippen molar-refractivity contribution in [1.82, 2.24) is 0 Å². The van der Waals surface area contributed by atoms with E-state index in [-0.39, 0.29) is 33.9 Å². The van der Waals surface area contributed by atoms with Crippen molar-refractivity contribution in [3.8, 4) is 34.5 Å². The number of carboxylic acids is 1. The molecule has 8 nitrogen and oxygen atoms in total. The van der Waals surface area contributed by atoms with Gasteiger partial charge in [-0.25, -0.2) is 9.59 Å². The molecule has 2 aromatic carbocycles. The van der Waals surface area contributed by atoms with Gasteiger partial charge < -0.3 is 29.9 Å². The zero-order valence-corrected chi connectivity index (χ0v) is 12.6. The number of carboxylic acid groups (broad SMARTS) is 1. The lowest BCUT2D eigenvalue weighted by Crippen LogP contribution is -2.09. The Morgan fingerprint density at radius 1 is 0.958 bits per heavy atom. The predicted molar refractivity (Wildman–Crippen MR) is 79.3 cm³/mol. The third-order valence-corrected chi connectivity index (χ3v) is 3.78. The molecule has 0 aliphatic carbocycles. The maximum Gasteiger partial charge on any atom is 0.347 e. The van der Waals surface area contributed by atoms with Crippen LogP contribution >= 0.6 is 0 Å². The number of rotatable bonds is 1. The highest BCUT2D eigenvalue weighted by Gasteiger charge is 2.31. The molecule has 0 radical (unpaired) electrons. The van der Waals surface area contributed by atoms with E-state index in [0.29, 0.717) is 0 Å². The Morgan fingerprint density at radius 2 is 1.58 bits per heavy atom. The van der Waals surface area contributed by atoms with Crippen molar-refractivity contribution in [1.29, 1.82) is 0 Å². The number of phenols is 3. The Bertz CT molecular complexity index is 913. The minimum Gasteiger partial charge on any atom is -0.507 e. The van der Waals surface area contributed by atoms with Crippen LogP contribution in [-0.2, 0) is 0 Å². The Kier molecular flexibility index (Phi) is 3.26. The number of ether oxygens (including phenoxy) is 2. The molecular formula is C16H12O8. The molecule has 0 atom stereocenters. The Balaban J connectivity index is 2.30. The number of fused-ring (bicyclic) bond motifs is 2. The second-order valence-corrected chi connectivity index (χ2v) is 5.26. The van der Waals surface area contributed by atoms with Gasteiger partial charge in [0.15, 0.2) is 23.0 Å². The molecule has 0 bridgehead atoms. The van der Waals surface area contributed by atoms with Crippen molar-refractivity contribution < 1.29 is 39.5 Å². The van der Waals surface area contributed by atoms with Crippen LogP contribution in [0.1, 0.15) is 31.8 Å². The molecule has 0 saturated carbocycles. The maximum atomic E-state index is 12.3. The first-order chi connectivity index (χ1) is 11.2. The van der Waals surface area contributed by atoms with Crippen LogP contribution < -0.4 is 9.47 Å². The lowest BCUT2D eigenvalue weighted by Gasteiger charge is -2.14. The van der Waals surface area contributed by atoms with Crippen molar-refractivity contribution in [2.75, 3.05) is 0 Å². The van der Waals surface area contributed by atoms with Crippen LogP contribution in [0.25, 0.3) is 0 Å². The zero-order chi connectivity index (χ0) is 17.8. The molecule has 0 amide bonds. The van der Waals surface area contributed by atoms with Gasteiger partial charge in [0.05, 0.1) is 0 Å². The fourth-order valence-corrected chi connectivity index (χ4v) is 2.58. The van der Waals surface area contributed by atoms with Gasteiger partial charge in [0, 0.05) is 23.3 Å². The average Bonchev–Trinajstić information content (AvgIpc) is 2.61. The highest BCUT2D eigenvalue weighted by atomic mass is 16.6. The molecule has 24 heavy (non-hydrogen) atoms. The SMILES string of the molecule is Cc1c2c(cc(O)c1C(=O)O)OC(=O)c1c(cc(O)c(O)c1C)O2. The minimum absolute atomic E-state index is 0.0446. The summed E-state index contributed by atoms with van der Waals surface area (Å²) >= 11 is 0. The molecule has 3 rings (SSSR count). The fraction of sp³-hybridized carbons (Fsp3) is 0.125. The van der Waals surface area contributed by atoms with Crippen molar-refractivity contribution in [3.63, 3.8) is 0 Å². The molecule has 8 heteroatoms. The van der Waals surface area contributed by atoms with Gasteiger partial charge in [-0.2, -0.15) is 0 Å². The van der Waals surface area contributed by atoms with E-state index in [1.54, 1.807) is 0 Å². The highest BCUT2D eigenvalue weighted by molar-refractivity contribution is 5.99. The van der Waals surface area contributed by atoms with E-state index in [4.69, 9.17) is 9.47 Å². The van der Waals surface area contributed by atoms with E-state index in [0.717, 1.165) is 12.1 Å². The second kappa shape index (κ2) is 5.05. The summed E-state index contributed by atoms with van der Waals surface area (Å²) in [7, 11) is 0. The largest absolute Gasteiger partial charge is 0.507 e. The summed E-state index contributed by atoms with van der Waals surface area (Å²) in [5.41, 5.74) is -0.420. The number of hydrogen-bond donors (Lipinski definition) is 4. The van der Waals surface area contributed by atoms with E-state index in [2.05, 4.69) is 0 Å². The van der Waals surface area contributed by atoms with E-state index in [1.807, 2.05) is 0 Å². The molecule has 1 aliphatic heterocycles. The van der Waals surface area contributed by atoms with Gasteiger partial charge in [-0.15, -0.1) is 0 Å². The summed E-state index contributed by atoms with van der Waals surface area (Å²) in [6, 6.07) is 1.99. The number of phenolic OH excluding ortho intramolecular Hbond substituents is 2. The molecule has 124 valence electrons. The standard InChI is InChI=1S/C16H12O8/c1-5-12-9(4-8(18)13(5)19)23-14-6(2)11(15(20)21)7(17)3-10(14)24-16(12)22/h3-4,17-19H,1-2H3,(H,20,21). The lowest BCUT2D eigenvalue weighted by atomic mass is 10.1. The van der Waals surface area contributed by atoms with Gasteiger partial charge in [0.2, 0.25) is 0 Å². The average molecular weight is 332 g/mol. The molecule has 2 aromatic rings. The first kappa shape index (κ1) is 15.5. The van der Waals surface area contributed by atoms with Crippen molar-refractivity contribution in [2.45, 2.75) is 13.8 Å². The number of hydrogen-bond acceptors (Lipinski definition) is 7. The number of carbonyl (C=O) groups excluding carboxylic acids is 1. The van der Waals surface area contributed by atoms with Gasteiger partial charge in [0.1, 0.15) is 22.6 Å². The second-order valence-electron chi connectivity index (χ2n) is 5.26. The van der Waals surface area contributed by atoms with E-state index in [9.17, 15) is 30.0 Å². The number of carbonyl (C=O) groups is 2. The third-order valence-electron chi connectivity index (χ3n) is 3.78. The maximum absolute atomic E-state index is 12.3. The van der Waals surface area contributed by atoms with Crippen LogP contribution in [0.4, 0.5) is 0 Å². The number of esters is 1. The summed E-state index contributed by atoms with van der Waals surface area (Å²) in [5.74, 6) is -4.18. The number of aromatic hydroxyl groups is 3. The van der Waals surface area contributed by atoms with Crippen molar-refractivity contribution in [2.24, 2.45) is 0 Å². The summed E-state index contributed by atoms with van der Waals surface area (Å²) < 4.78 is 10.7. The van der Waals surface area contributed by atoms with Crippen molar-refractivity contribution in [3.05, 3.63) is 34.4 Å². The third kappa shape index (κ3) is 2.08. The van der Waals surface area contributed by atoms with E-state index in [1.165, 1.54) is 13.8 Å². The number of aromatic carboxylic acids is 1. The summed E-state index contributed by atoms with van der Waals surface area (Å²) in [5, 5.41) is 38.5. The van der Waals surface area contributed by atoms with E-state index >= 15 is 0 Å². The summed E-state index contributed by atoms with van der Waals surface area (Å²) in [6.45, 7) is 2.77. The quantitative estimate of drug-likeness (QED) is 0.355. The first-order valence-electron chi connectivity index (χ1n) is 6.77. The fourth-order valence-electron chi connectivity index (χ4n) is 2.58. The Hall–Kier alpha value is -3.42. The smallest absolute Gasteiger partial charge is 0.347 e. The van der Waals surface area contributed by atoms with Crippen LogP contribution in [0.5, 0.6) is 34.5 Å². The van der Waals surface area contributed by atoms with Crippen LogP contribution in [0.2, 0.25) is 0 Å². The summed E-state index contributed by atoms with van der Waals surface area (Å²) in [4.78, 5) is 23.6. The topological polar surface area (TPSA) is 134 Å². The summed E-state index contributed by atoms with van der Waals surface area (Å²) in [6.07, 6.45) is 0. The van der Waals surface area contributed by atoms with Crippen LogP contribution in [-0.4, -0.2) is 32.4 Å². The lowest BCUT2D eigenvalue weighted by molar-refractivity contribution is 0.0692. The molecule has 4 N–H and O–H groups in total. The monoisotopic (exact) mass is 332 g/mol. The van der Waals surface area contributed by atoms with Crippen LogP contribution in [0.15, 0.2) is 12.1 Å². The van der Waals surface area contributed by atoms with E-state index < -0.39 is 34.8 Å². The van der Waals surface area contributed by atoms with Gasteiger partial charge in [0.25, 0.3) is 0 Å². The molecular weight excluding hydrogens is 320 g/mol. The molecule has 1 heterocycles. The Morgan fingerprint density at radius 3 is 2.21 bits per heavy atom. The van der Waals surface area contributed by atoms with Gasteiger partial charge in [-0.3, -0.25) is 0 Å². The first-order valence-corrected chi connectivity index (χ1v) is 6.77. The van der Waals surface area contributed by atoms with Crippen LogP contribution in [0.3, 0.4) is 0 Å². The normalized spacial score (nSPS) is 12.5. The molecule has 0 unspecified atom stereocenters. The molecule has 0 aromatic heterocycles. The molecule has 0 fully saturated rings.